The molecule has 1 aromatic heterocycles. The Hall–Kier alpha value is -2.50. The fourth-order valence-electron chi connectivity index (χ4n) is 2.88. The number of carbonyl (C=O) groups is 1. The van der Waals surface area contributed by atoms with Crippen molar-refractivity contribution in [3.63, 3.8) is 0 Å². The van der Waals surface area contributed by atoms with Crippen molar-refractivity contribution in [3.05, 3.63) is 36.5 Å². The highest BCUT2D eigenvalue weighted by Gasteiger charge is 2.27. The number of nitrogens with one attached hydrogen (secondary N) is 2. The lowest BCUT2D eigenvalue weighted by Crippen LogP contribution is -2.44. The number of benzene rings is 1. The number of aromatic nitrogens is 1. The zero-order valence-electron chi connectivity index (χ0n) is 17.6. The van der Waals surface area contributed by atoms with Gasteiger partial charge in [-0.3, -0.25) is 4.79 Å². The topological polar surface area (TPSA) is 110 Å². The molecule has 168 valence electrons. The number of fused-ring (bicyclic) bond motifs is 1. The van der Waals surface area contributed by atoms with Gasteiger partial charge in [0, 0.05) is 20.2 Å². The summed E-state index contributed by atoms with van der Waals surface area (Å²) in [5.74, 6) is 1.77. The van der Waals surface area contributed by atoms with Crippen LogP contribution in [-0.2, 0) is 14.8 Å². The molecule has 1 aliphatic heterocycles. The molecule has 11 heteroatoms. The van der Waals surface area contributed by atoms with Crippen molar-refractivity contribution in [1.29, 1.82) is 0 Å². The van der Waals surface area contributed by atoms with Crippen LogP contribution in [0.4, 0.5) is 11.5 Å². The van der Waals surface area contributed by atoms with E-state index in [1.807, 2.05) is 25.3 Å². The molecule has 2 N–H and O–H groups in total. The van der Waals surface area contributed by atoms with Gasteiger partial charge in [0.2, 0.25) is 15.9 Å². The van der Waals surface area contributed by atoms with Crippen LogP contribution in [0.15, 0.2) is 41.4 Å². The van der Waals surface area contributed by atoms with Gasteiger partial charge in [0.1, 0.15) is 25.1 Å². The highest BCUT2D eigenvalue weighted by molar-refractivity contribution is 7.98. The zero-order chi connectivity index (χ0) is 22.4. The van der Waals surface area contributed by atoms with E-state index in [-0.39, 0.29) is 4.90 Å². The maximum absolute atomic E-state index is 13.0. The van der Waals surface area contributed by atoms with Gasteiger partial charge < -0.3 is 19.7 Å². The number of carbonyl (C=O) groups excluding carboxylic acids is 1. The summed E-state index contributed by atoms with van der Waals surface area (Å²) < 4.78 is 39.3. The van der Waals surface area contributed by atoms with E-state index in [1.165, 1.54) is 30.1 Å². The molecule has 2 heterocycles. The van der Waals surface area contributed by atoms with Gasteiger partial charge >= 0.3 is 0 Å². The SMILES string of the molecule is CSCC[C@@H](NS(=O)(=O)c1ccc2c(c1)OCCO2)C(=O)Nc1ccc(N(C)C)nc1. The number of thioether (sulfide) groups is 1. The number of ether oxygens (including phenoxy) is 2. The second-order valence-electron chi connectivity index (χ2n) is 7.05. The molecule has 0 bridgehead atoms. The van der Waals surface area contributed by atoms with E-state index in [0.717, 1.165) is 5.82 Å². The Bertz CT molecular complexity index is 1010. The first-order chi connectivity index (χ1) is 14.8. The van der Waals surface area contributed by atoms with Gasteiger partial charge in [-0.1, -0.05) is 0 Å². The Morgan fingerprint density at radius 2 is 1.94 bits per heavy atom. The molecular weight excluding hydrogens is 440 g/mol. The first-order valence-corrected chi connectivity index (χ1v) is 12.5. The molecule has 1 atom stereocenters. The molecule has 0 fully saturated rings. The molecule has 31 heavy (non-hydrogen) atoms. The standard InChI is InChI=1S/C20H26N4O5S2/c1-24(2)19-7-4-14(13-21-19)22-20(25)16(8-11-30-3)23-31(26,27)15-5-6-17-18(12-15)29-10-9-28-17/h4-7,12-13,16,23H,8-11H2,1-3H3,(H,22,25)/t16-/m1/s1. The lowest BCUT2D eigenvalue weighted by Gasteiger charge is -2.21. The van der Waals surface area contributed by atoms with Crippen LogP contribution in [0.25, 0.3) is 0 Å². The van der Waals surface area contributed by atoms with Gasteiger partial charge in [0.15, 0.2) is 11.5 Å². The van der Waals surface area contributed by atoms with Crippen molar-refractivity contribution in [3.8, 4) is 11.5 Å². The van der Waals surface area contributed by atoms with Crippen molar-refractivity contribution in [2.24, 2.45) is 0 Å². The van der Waals surface area contributed by atoms with Gasteiger partial charge in [-0.05, 0) is 42.7 Å². The number of rotatable bonds is 9. The van der Waals surface area contributed by atoms with E-state index in [2.05, 4.69) is 15.0 Å². The van der Waals surface area contributed by atoms with Crippen LogP contribution < -0.4 is 24.4 Å². The number of anilines is 2. The summed E-state index contributed by atoms with van der Waals surface area (Å²) in [5.41, 5.74) is 0.489. The van der Waals surface area contributed by atoms with E-state index in [1.54, 1.807) is 18.2 Å². The highest BCUT2D eigenvalue weighted by atomic mass is 32.2. The van der Waals surface area contributed by atoms with E-state index < -0.39 is 22.0 Å². The largest absolute Gasteiger partial charge is 0.486 e. The van der Waals surface area contributed by atoms with Gasteiger partial charge in [-0.25, -0.2) is 13.4 Å². The summed E-state index contributed by atoms with van der Waals surface area (Å²) in [6, 6.07) is 6.94. The van der Waals surface area contributed by atoms with E-state index >= 15 is 0 Å². The second-order valence-corrected chi connectivity index (χ2v) is 9.75. The minimum atomic E-state index is -3.96. The third-order valence-electron chi connectivity index (χ3n) is 4.52. The van der Waals surface area contributed by atoms with Crippen molar-refractivity contribution >= 4 is 39.2 Å². The molecule has 2 aromatic rings. The third kappa shape index (κ3) is 6.02. The van der Waals surface area contributed by atoms with Crippen molar-refractivity contribution in [1.82, 2.24) is 9.71 Å². The van der Waals surface area contributed by atoms with Crippen LogP contribution in [0.2, 0.25) is 0 Å². The van der Waals surface area contributed by atoms with Crippen LogP contribution in [0, 0.1) is 0 Å². The summed E-state index contributed by atoms with van der Waals surface area (Å²) in [4.78, 5) is 19.0. The van der Waals surface area contributed by atoms with Gasteiger partial charge in [-0.2, -0.15) is 16.5 Å². The summed E-state index contributed by atoms with van der Waals surface area (Å²) in [6.07, 6.45) is 3.77. The summed E-state index contributed by atoms with van der Waals surface area (Å²) in [6.45, 7) is 0.766. The summed E-state index contributed by atoms with van der Waals surface area (Å²) in [5, 5.41) is 2.74. The lowest BCUT2D eigenvalue weighted by atomic mass is 10.2. The minimum Gasteiger partial charge on any atom is -0.486 e. The molecule has 0 radical (unpaired) electrons. The lowest BCUT2D eigenvalue weighted by molar-refractivity contribution is -0.117. The highest BCUT2D eigenvalue weighted by Crippen LogP contribution is 2.32. The van der Waals surface area contributed by atoms with Crippen LogP contribution in [0.1, 0.15) is 6.42 Å². The Morgan fingerprint density at radius 1 is 1.19 bits per heavy atom. The molecule has 0 unspecified atom stereocenters. The Labute approximate surface area is 186 Å². The van der Waals surface area contributed by atoms with Crippen LogP contribution in [0.3, 0.4) is 0 Å². The first-order valence-electron chi connectivity index (χ1n) is 9.65. The number of hydrogen-bond donors (Lipinski definition) is 2. The molecule has 0 aliphatic carbocycles. The van der Waals surface area contributed by atoms with E-state index in [4.69, 9.17) is 9.47 Å². The Kier molecular flexibility index (Phi) is 7.63. The number of hydrogen-bond acceptors (Lipinski definition) is 8. The predicted octanol–water partition coefficient (Wildman–Crippen LogP) is 1.96. The van der Waals surface area contributed by atoms with E-state index in [0.29, 0.717) is 42.6 Å². The van der Waals surface area contributed by atoms with Gasteiger partial charge in [-0.15, -0.1) is 0 Å². The number of sulfonamides is 1. The molecule has 9 nitrogen and oxygen atoms in total. The number of amides is 1. The third-order valence-corrected chi connectivity index (χ3v) is 6.64. The van der Waals surface area contributed by atoms with Crippen molar-refractivity contribution < 1.29 is 22.7 Å². The van der Waals surface area contributed by atoms with E-state index in [9.17, 15) is 13.2 Å². The van der Waals surface area contributed by atoms with Gasteiger partial charge in [0.25, 0.3) is 0 Å². The summed E-state index contributed by atoms with van der Waals surface area (Å²) >= 11 is 1.53. The van der Waals surface area contributed by atoms with Crippen molar-refractivity contribution in [2.45, 2.75) is 17.4 Å². The minimum absolute atomic E-state index is 0.00991. The molecule has 1 amide bonds. The van der Waals surface area contributed by atoms with Crippen LogP contribution in [-0.4, -0.2) is 64.7 Å². The predicted molar refractivity (Wildman–Crippen MR) is 122 cm³/mol. The van der Waals surface area contributed by atoms with Crippen molar-refractivity contribution in [2.75, 3.05) is 49.5 Å². The number of pyridine rings is 1. The fourth-order valence-corrected chi connectivity index (χ4v) is 4.60. The molecule has 1 aliphatic rings. The Balaban J connectivity index is 1.75. The van der Waals surface area contributed by atoms with Gasteiger partial charge in [0.05, 0.1) is 16.8 Å². The normalized spacial score (nSPS) is 14.0. The quantitative estimate of drug-likeness (QED) is 0.577. The molecule has 3 rings (SSSR count). The zero-order valence-corrected chi connectivity index (χ0v) is 19.3. The smallest absolute Gasteiger partial charge is 0.242 e. The monoisotopic (exact) mass is 466 g/mol. The molecule has 1 aromatic carbocycles. The molecule has 0 saturated heterocycles. The maximum atomic E-state index is 13.0. The second kappa shape index (κ2) is 10.2. The maximum Gasteiger partial charge on any atom is 0.242 e. The van der Waals surface area contributed by atoms with Crippen LogP contribution in [0.5, 0.6) is 11.5 Å². The first kappa shape index (κ1) is 23.2. The molecular formula is C20H26N4O5S2. The fraction of sp³-hybridized carbons (Fsp3) is 0.400. The molecule has 0 spiro atoms. The van der Waals surface area contributed by atoms with Crippen LogP contribution >= 0.6 is 11.8 Å². The Morgan fingerprint density at radius 3 is 2.58 bits per heavy atom. The summed E-state index contributed by atoms with van der Waals surface area (Å²) in [7, 11) is -0.223. The average molecular weight is 467 g/mol. The number of nitrogens with zero attached hydrogens (tertiary/aromatic N) is 2. The molecule has 0 saturated carbocycles. The average Bonchev–Trinajstić information content (AvgIpc) is 2.76.